The van der Waals surface area contributed by atoms with Crippen molar-refractivity contribution in [2.45, 2.75) is 19.8 Å². The zero-order valence-corrected chi connectivity index (χ0v) is 21.8. The van der Waals surface area contributed by atoms with Crippen LogP contribution in [0, 0.1) is 0 Å². The molecule has 0 bridgehead atoms. The monoisotopic (exact) mass is 518 g/mol. The number of unbranched alkanes of at least 4 members (excludes halogenated alkanes) is 1. The van der Waals surface area contributed by atoms with Gasteiger partial charge in [0.2, 0.25) is 10.0 Å². The van der Waals surface area contributed by atoms with Gasteiger partial charge in [0.05, 0.1) is 29.4 Å². The Kier molecular flexibility index (Phi) is 8.96. The predicted molar refractivity (Wildman–Crippen MR) is 143 cm³/mol. The van der Waals surface area contributed by atoms with Crippen molar-refractivity contribution in [1.82, 2.24) is 14.0 Å². The van der Waals surface area contributed by atoms with Crippen LogP contribution in [-0.2, 0) is 10.0 Å². The van der Waals surface area contributed by atoms with E-state index in [0.717, 1.165) is 59.7 Å². The molecule has 0 unspecified atom stereocenters. The fourth-order valence-electron chi connectivity index (χ4n) is 4.23. The highest BCUT2D eigenvalue weighted by molar-refractivity contribution is 7.89. The summed E-state index contributed by atoms with van der Waals surface area (Å²) in [7, 11) is -3.29. The van der Waals surface area contributed by atoms with Crippen molar-refractivity contribution in [3.63, 3.8) is 0 Å². The lowest BCUT2D eigenvalue weighted by atomic mass is 10.1. The minimum Gasteiger partial charge on any atom is -0.494 e. The lowest BCUT2D eigenvalue weighted by molar-refractivity contribution is 0.247. The Morgan fingerprint density at radius 3 is 2.60 bits per heavy atom. The molecule has 3 aromatic rings. The topological polar surface area (TPSA) is 95.0 Å². The SMILES string of the molecule is CCS(=O)(=O)N(CCO)CCCCOc1ccc2c(-c3ccc(N4CCNCC4)cc3)nsc2c1. The number of rotatable bonds is 12. The molecule has 0 amide bonds. The molecule has 1 fully saturated rings. The van der Waals surface area contributed by atoms with Crippen LogP contribution in [0.2, 0.25) is 0 Å². The van der Waals surface area contributed by atoms with E-state index in [-0.39, 0.29) is 18.9 Å². The third-order valence-electron chi connectivity index (χ3n) is 6.24. The van der Waals surface area contributed by atoms with Crippen LogP contribution in [-0.4, -0.2) is 80.4 Å². The maximum atomic E-state index is 12.1. The van der Waals surface area contributed by atoms with Gasteiger partial charge in [0, 0.05) is 55.9 Å². The molecular weight excluding hydrogens is 484 g/mol. The van der Waals surface area contributed by atoms with Gasteiger partial charge in [-0.15, -0.1) is 0 Å². The molecule has 190 valence electrons. The van der Waals surface area contributed by atoms with Crippen LogP contribution in [0.15, 0.2) is 42.5 Å². The quantitative estimate of drug-likeness (QED) is 0.356. The number of benzene rings is 2. The number of hydrogen-bond donors (Lipinski definition) is 2. The molecule has 0 aliphatic carbocycles. The van der Waals surface area contributed by atoms with Gasteiger partial charge in [-0.1, -0.05) is 12.1 Å². The van der Waals surface area contributed by atoms with Crippen LogP contribution in [0.25, 0.3) is 21.3 Å². The predicted octanol–water partition coefficient (Wildman–Crippen LogP) is 3.18. The second-order valence-corrected chi connectivity index (χ2v) is 11.6. The maximum Gasteiger partial charge on any atom is 0.213 e. The second-order valence-electron chi connectivity index (χ2n) is 8.55. The third-order valence-corrected chi connectivity index (χ3v) is 8.93. The average molecular weight is 519 g/mol. The first kappa shape index (κ1) is 25.8. The summed E-state index contributed by atoms with van der Waals surface area (Å²) in [5.41, 5.74) is 3.35. The number of fused-ring (bicyclic) bond motifs is 1. The summed E-state index contributed by atoms with van der Waals surface area (Å²) in [6.45, 7) is 6.58. The highest BCUT2D eigenvalue weighted by atomic mass is 32.2. The highest BCUT2D eigenvalue weighted by Crippen LogP contribution is 2.34. The van der Waals surface area contributed by atoms with Crippen molar-refractivity contribution in [1.29, 1.82) is 0 Å². The Hall–Kier alpha value is -2.24. The number of hydrogen-bond acceptors (Lipinski definition) is 8. The van der Waals surface area contributed by atoms with E-state index in [1.54, 1.807) is 6.92 Å². The Morgan fingerprint density at radius 2 is 1.89 bits per heavy atom. The number of nitrogens with one attached hydrogen (secondary N) is 1. The second kappa shape index (κ2) is 12.1. The Balaban J connectivity index is 1.32. The molecule has 2 N–H and O–H groups in total. The molecule has 0 saturated carbocycles. The van der Waals surface area contributed by atoms with Crippen molar-refractivity contribution >= 4 is 37.3 Å². The lowest BCUT2D eigenvalue weighted by Gasteiger charge is -2.29. The first-order valence-corrected chi connectivity index (χ1v) is 14.6. The number of aliphatic hydroxyl groups excluding tert-OH is 1. The molecule has 8 nitrogen and oxygen atoms in total. The van der Waals surface area contributed by atoms with Gasteiger partial charge >= 0.3 is 0 Å². The van der Waals surface area contributed by atoms with E-state index < -0.39 is 10.0 Å². The largest absolute Gasteiger partial charge is 0.494 e. The number of ether oxygens (including phenoxy) is 1. The van der Waals surface area contributed by atoms with Gasteiger partial charge in [-0.05, 0) is 61.6 Å². The summed E-state index contributed by atoms with van der Waals surface area (Å²) in [6, 6.07) is 14.7. The zero-order valence-electron chi connectivity index (χ0n) is 20.1. The molecule has 35 heavy (non-hydrogen) atoms. The Morgan fingerprint density at radius 1 is 1.11 bits per heavy atom. The Bertz CT molecular complexity index is 1190. The number of aromatic nitrogens is 1. The first-order chi connectivity index (χ1) is 17.0. The standard InChI is InChI=1S/C25H34N4O4S2/c1-2-35(31,32)29(16-17-30)13-3-4-18-33-22-9-10-23-24(19-22)34-27-25(23)20-5-7-21(8-6-20)28-14-11-26-12-15-28/h5-10,19,26,30H,2-4,11-18H2,1H3. The van der Waals surface area contributed by atoms with Crippen LogP contribution >= 0.6 is 11.5 Å². The van der Waals surface area contributed by atoms with Gasteiger partial charge in [-0.3, -0.25) is 0 Å². The van der Waals surface area contributed by atoms with Crippen molar-refractivity contribution < 1.29 is 18.3 Å². The summed E-state index contributed by atoms with van der Waals surface area (Å²) in [5, 5.41) is 13.6. The number of anilines is 1. The summed E-state index contributed by atoms with van der Waals surface area (Å²) >= 11 is 1.47. The number of nitrogens with zero attached hydrogens (tertiary/aromatic N) is 3. The van der Waals surface area contributed by atoms with Crippen LogP contribution in [0.5, 0.6) is 5.75 Å². The van der Waals surface area contributed by atoms with Gasteiger partial charge in [-0.2, -0.15) is 8.68 Å². The first-order valence-electron chi connectivity index (χ1n) is 12.2. The molecule has 0 radical (unpaired) electrons. The molecule has 10 heteroatoms. The van der Waals surface area contributed by atoms with E-state index in [4.69, 9.17) is 14.2 Å². The lowest BCUT2D eigenvalue weighted by Crippen LogP contribution is -2.43. The van der Waals surface area contributed by atoms with E-state index in [2.05, 4.69) is 40.5 Å². The summed E-state index contributed by atoms with van der Waals surface area (Å²) in [4.78, 5) is 2.40. The molecule has 0 spiro atoms. The summed E-state index contributed by atoms with van der Waals surface area (Å²) in [6.07, 6.45) is 1.41. The van der Waals surface area contributed by atoms with Gasteiger partial charge in [0.1, 0.15) is 5.75 Å². The molecule has 1 saturated heterocycles. The van der Waals surface area contributed by atoms with Gasteiger partial charge in [0.15, 0.2) is 0 Å². The smallest absolute Gasteiger partial charge is 0.213 e. The maximum absolute atomic E-state index is 12.1. The summed E-state index contributed by atoms with van der Waals surface area (Å²) in [5.74, 6) is 0.829. The van der Waals surface area contributed by atoms with E-state index in [0.29, 0.717) is 19.6 Å². The van der Waals surface area contributed by atoms with Crippen LogP contribution in [0.4, 0.5) is 5.69 Å². The number of piperazine rings is 1. The molecule has 1 aromatic heterocycles. The van der Waals surface area contributed by atoms with Crippen molar-refractivity contribution in [3.8, 4) is 17.0 Å². The van der Waals surface area contributed by atoms with E-state index in [9.17, 15) is 8.42 Å². The van der Waals surface area contributed by atoms with Crippen molar-refractivity contribution in [2.24, 2.45) is 0 Å². The fourth-order valence-corrected chi connectivity index (χ4v) is 6.19. The molecule has 2 heterocycles. The normalized spacial score (nSPS) is 14.7. The number of aliphatic hydroxyl groups is 1. The molecule has 2 aromatic carbocycles. The minimum atomic E-state index is -3.29. The fraction of sp³-hybridized carbons (Fsp3) is 0.480. The van der Waals surface area contributed by atoms with E-state index >= 15 is 0 Å². The van der Waals surface area contributed by atoms with Crippen LogP contribution < -0.4 is 15.0 Å². The van der Waals surface area contributed by atoms with Gasteiger partial charge < -0.3 is 20.1 Å². The van der Waals surface area contributed by atoms with Crippen molar-refractivity contribution in [2.75, 3.05) is 63.1 Å². The number of sulfonamides is 1. The van der Waals surface area contributed by atoms with Crippen molar-refractivity contribution in [3.05, 3.63) is 42.5 Å². The third kappa shape index (κ3) is 6.50. The summed E-state index contributed by atoms with van der Waals surface area (Å²) < 4.78 is 37.2. The zero-order chi connectivity index (χ0) is 24.7. The van der Waals surface area contributed by atoms with Crippen LogP contribution in [0.1, 0.15) is 19.8 Å². The van der Waals surface area contributed by atoms with Gasteiger partial charge in [0.25, 0.3) is 0 Å². The molecular formula is C25H34N4O4S2. The van der Waals surface area contributed by atoms with Gasteiger partial charge in [-0.25, -0.2) is 8.42 Å². The molecule has 1 aliphatic rings. The van der Waals surface area contributed by atoms with E-state index in [1.165, 1.54) is 21.5 Å². The van der Waals surface area contributed by atoms with E-state index in [1.807, 2.05) is 12.1 Å². The Labute approximate surface area is 211 Å². The molecule has 4 rings (SSSR count). The molecule has 1 aliphatic heterocycles. The highest BCUT2D eigenvalue weighted by Gasteiger charge is 2.18. The van der Waals surface area contributed by atoms with Crippen LogP contribution in [0.3, 0.4) is 0 Å². The average Bonchev–Trinajstić information content (AvgIpc) is 3.32. The minimum absolute atomic E-state index is 0.0423. The molecule has 0 atom stereocenters.